The number of nitrogens with one attached hydrogen (secondary N) is 1. The van der Waals surface area contributed by atoms with Gasteiger partial charge in [0.25, 0.3) is 0 Å². The summed E-state index contributed by atoms with van der Waals surface area (Å²) >= 11 is 0. The zero-order valence-corrected chi connectivity index (χ0v) is 10.1. The van der Waals surface area contributed by atoms with Crippen LogP contribution in [0.15, 0.2) is 0 Å². The molecule has 0 aromatic carbocycles. The molecule has 1 N–H and O–H groups in total. The predicted octanol–water partition coefficient (Wildman–Crippen LogP) is 2.92. The van der Waals surface area contributed by atoms with Crippen LogP contribution in [-0.2, 0) is 0 Å². The van der Waals surface area contributed by atoms with Crippen molar-refractivity contribution in [3.63, 3.8) is 0 Å². The molecule has 1 nitrogen and oxygen atoms in total. The standard InChI is InChI=1S/C13H25N/c1-6-7-8-9-14-10-13(11(2)3)12(4)5/h1,11-14H,7-10H2,2-5H3. The topological polar surface area (TPSA) is 12.0 Å². The molecule has 0 unspecified atom stereocenters. The van der Waals surface area contributed by atoms with Crippen LogP contribution in [0.2, 0.25) is 0 Å². The Bertz CT molecular complexity index is 157. The highest BCUT2D eigenvalue weighted by Gasteiger charge is 2.16. The minimum Gasteiger partial charge on any atom is -0.316 e. The van der Waals surface area contributed by atoms with Crippen molar-refractivity contribution in [3.05, 3.63) is 0 Å². The molecule has 0 heterocycles. The van der Waals surface area contributed by atoms with Crippen LogP contribution in [0.1, 0.15) is 40.5 Å². The van der Waals surface area contributed by atoms with Gasteiger partial charge in [0.2, 0.25) is 0 Å². The van der Waals surface area contributed by atoms with E-state index in [9.17, 15) is 0 Å². The average molecular weight is 195 g/mol. The number of hydrogen-bond acceptors (Lipinski definition) is 1. The van der Waals surface area contributed by atoms with Crippen LogP contribution in [0.4, 0.5) is 0 Å². The summed E-state index contributed by atoms with van der Waals surface area (Å²) in [7, 11) is 0. The van der Waals surface area contributed by atoms with E-state index >= 15 is 0 Å². The number of hydrogen-bond donors (Lipinski definition) is 1. The maximum absolute atomic E-state index is 5.19. The lowest BCUT2D eigenvalue weighted by molar-refractivity contribution is 0.276. The second kappa shape index (κ2) is 7.88. The van der Waals surface area contributed by atoms with Crippen molar-refractivity contribution in [2.45, 2.75) is 40.5 Å². The monoisotopic (exact) mass is 195 g/mol. The summed E-state index contributed by atoms with van der Waals surface area (Å²) in [4.78, 5) is 0. The van der Waals surface area contributed by atoms with E-state index in [-0.39, 0.29) is 0 Å². The van der Waals surface area contributed by atoms with Gasteiger partial charge in [-0.3, -0.25) is 0 Å². The Morgan fingerprint density at radius 1 is 1.14 bits per heavy atom. The van der Waals surface area contributed by atoms with E-state index in [1.54, 1.807) is 0 Å². The lowest BCUT2D eigenvalue weighted by atomic mass is 9.85. The van der Waals surface area contributed by atoms with Gasteiger partial charge >= 0.3 is 0 Å². The SMILES string of the molecule is C#CCCCNCC(C(C)C)C(C)C. The van der Waals surface area contributed by atoms with Gasteiger partial charge in [-0.2, -0.15) is 0 Å². The Morgan fingerprint density at radius 2 is 1.71 bits per heavy atom. The molecule has 0 aliphatic heterocycles. The molecule has 0 radical (unpaired) electrons. The Kier molecular flexibility index (Phi) is 7.61. The molecule has 14 heavy (non-hydrogen) atoms. The zero-order chi connectivity index (χ0) is 11.0. The van der Waals surface area contributed by atoms with Crippen LogP contribution in [-0.4, -0.2) is 13.1 Å². The lowest BCUT2D eigenvalue weighted by Crippen LogP contribution is -2.30. The fourth-order valence-corrected chi connectivity index (χ4v) is 1.83. The summed E-state index contributed by atoms with van der Waals surface area (Å²) < 4.78 is 0. The van der Waals surface area contributed by atoms with Crippen molar-refractivity contribution < 1.29 is 0 Å². The summed E-state index contributed by atoms with van der Waals surface area (Å²) in [6.45, 7) is 11.4. The van der Waals surface area contributed by atoms with Crippen molar-refractivity contribution in [1.82, 2.24) is 5.32 Å². The molecule has 0 aromatic heterocycles. The van der Waals surface area contributed by atoms with Crippen molar-refractivity contribution in [2.75, 3.05) is 13.1 Å². The van der Waals surface area contributed by atoms with E-state index in [2.05, 4.69) is 38.9 Å². The molecule has 0 atom stereocenters. The van der Waals surface area contributed by atoms with Crippen LogP contribution in [0.3, 0.4) is 0 Å². The maximum Gasteiger partial charge on any atom is 0.00981 e. The van der Waals surface area contributed by atoms with Crippen LogP contribution in [0.5, 0.6) is 0 Å². The fourth-order valence-electron chi connectivity index (χ4n) is 1.83. The number of terminal acetylenes is 1. The lowest BCUT2D eigenvalue weighted by Gasteiger charge is -2.25. The van der Waals surface area contributed by atoms with E-state index in [0.717, 1.165) is 43.7 Å². The van der Waals surface area contributed by atoms with Crippen molar-refractivity contribution >= 4 is 0 Å². The molecule has 82 valence electrons. The first-order valence-electron chi connectivity index (χ1n) is 5.73. The first-order chi connectivity index (χ1) is 6.59. The van der Waals surface area contributed by atoms with E-state index < -0.39 is 0 Å². The fraction of sp³-hybridized carbons (Fsp3) is 0.846. The van der Waals surface area contributed by atoms with Gasteiger partial charge < -0.3 is 5.32 Å². The molecular formula is C13H25N. The molecule has 0 aromatic rings. The van der Waals surface area contributed by atoms with Crippen LogP contribution in [0, 0.1) is 30.1 Å². The quantitative estimate of drug-likeness (QED) is 0.486. The highest BCUT2D eigenvalue weighted by molar-refractivity contribution is 4.83. The molecule has 0 spiro atoms. The van der Waals surface area contributed by atoms with Gasteiger partial charge in [-0.05, 0) is 37.3 Å². The maximum atomic E-state index is 5.19. The van der Waals surface area contributed by atoms with Crippen molar-refractivity contribution in [3.8, 4) is 12.3 Å². The number of unbranched alkanes of at least 4 members (excludes halogenated alkanes) is 1. The molecule has 0 aliphatic rings. The highest BCUT2D eigenvalue weighted by atomic mass is 14.9. The smallest absolute Gasteiger partial charge is 0.00981 e. The summed E-state index contributed by atoms with van der Waals surface area (Å²) in [5, 5.41) is 3.49. The molecule has 0 aliphatic carbocycles. The molecule has 0 rings (SSSR count). The first-order valence-corrected chi connectivity index (χ1v) is 5.73. The second-order valence-electron chi connectivity index (χ2n) is 4.66. The summed E-state index contributed by atoms with van der Waals surface area (Å²) in [6, 6.07) is 0. The van der Waals surface area contributed by atoms with Gasteiger partial charge in [0.1, 0.15) is 0 Å². The third-order valence-electron chi connectivity index (χ3n) is 2.77. The third kappa shape index (κ3) is 6.05. The zero-order valence-electron chi connectivity index (χ0n) is 10.1. The van der Waals surface area contributed by atoms with Gasteiger partial charge in [-0.25, -0.2) is 0 Å². The largest absolute Gasteiger partial charge is 0.316 e. The molecule has 0 saturated heterocycles. The molecular weight excluding hydrogens is 170 g/mol. The van der Waals surface area contributed by atoms with E-state index in [0.29, 0.717) is 0 Å². The predicted molar refractivity (Wildman–Crippen MR) is 64.1 cm³/mol. The van der Waals surface area contributed by atoms with E-state index in [1.807, 2.05) is 0 Å². The summed E-state index contributed by atoms with van der Waals surface area (Å²) in [6.07, 6.45) is 7.18. The molecule has 0 bridgehead atoms. The average Bonchev–Trinajstić information content (AvgIpc) is 2.09. The van der Waals surface area contributed by atoms with Crippen LogP contribution >= 0.6 is 0 Å². The number of rotatable bonds is 7. The third-order valence-corrected chi connectivity index (χ3v) is 2.77. The van der Waals surface area contributed by atoms with Gasteiger partial charge in [0.15, 0.2) is 0 Å². The van der Waals surface area contributed by atoms with Gasteiger partial charge in [0, 0.05) is 6.42 Å². The molecule has 1 heteroatoms. The normalized spacial score (nSPS) is 11.3. The second-order valence-corrected chi connectivity index (χ2v) is 4.66. The first kappa shape index (κ1) is 13.5. The molecule has 0 saturated carbocycles. The van der Waals surface area contributed by atoms with Crippen molar-refractivity contribution in [1.29, 1.82) is 0 Å². The molecule has 0 amide bonds. The minimum absolute atomic E-state index is 0.759. The Balaban J connectivity index is 3.58. The Morgan fingerprint density at radius 3 is 2.14 bits per heavy atom. The Hall–Kier alpha value is -0.480. The van der Waals surface area contributed by atoms with Gasteiger partial charge in [0.05, 0.1) is 0 Å². The molecule has 0 fully saturated rings. The van der Waals surface area contributed by atoms with Gasteiger partial charge in [-0.1, -0.05) is 27.7 Å². The summed E-state index contributed by atoms with van der Waals surface area (Å²) in [5.41, 5.74) is 0. The highest BCUT2D eigenvalue weighted by Crippen LogP contribution is 2.19. The van der Waals surface area contributed by atoms with Crippen LogP contribution < -0.4 is 5.32 Å². The minimum atomic E-state index is 0.759. The van der Waals surface area contributed by atoms with Gasteiger partial charge in [-0.15, -0.1) is 12.3 Å². The van der Waals surface area contributed by atoms with E-state index in [1.165, 1.54) is 0 Å². The Labute approximate surface area is 89.7 Å². The van der Waals surface area contributed by atoms with E-state index in [4.69, 9.17) is 6.42 Å². The van der Waals surface area contributed by atoms with Crippen molar-refractivity contribution in [2.24, 2.45) is 17.8 Å². The van der Waals surface area contributed by atoms with Crippen LogP contribution in [0.25, 0.3) is 0 Å². The summed E-state index contributed by atoms with van der Waals surface area (Å²) in [5.74, 6) is 4.96.